The first-order valence-electron chi connectivity index (χ1n) is 5.15. The van der Waals surface area contributed by atoms with Gasteiger partial charge in [0.15, 0.2) is 6.29 Å². The average Bonchev–Trinajstić information content (AvgIpc) is 2.28. The molecular formula is C12H14BrNO2. The smallest absolute Gasteiger partial charge is 0.185 e. The summed E-state index contributed by atoms with van der Waals surface area (Å²) < 4.78 is 11.8. The summed E-state index contributed by atoms with van der Waals surface area (Å²) >= 11 is 3.33. The van der Waals surface area contributed by atoms with Crippen LogP contribution in [0.1, 0.15) is 31.3 Å². The van der Waals surface area contributed by atoms with Gasteiger partial charge in [-0.05, 0) is 26.0 Å². The van der Waals surface area contributed by atoms with Gasteiger partial charge in [0.2, 0.25) is 0 Å². The summed E-state index contributed by atoms with van der Waals surface area (Å²) in [6.07, 6.45) is -0.460. The Morgan fingerprint density at radius 1 is 1.31 bits per heavy atom. The fraction of sp³-hybridized carbons (Fsp3) is 0.417. The van der Waals surface area contributed by atoms with Crippen molar-refractivity contribution in [2.45, 2.75) is 20.1 Å². The number of nitrogens with zero attached hydrogens (tertiary/aromatic N) is 1. The molecule has 4 heteroatoms. The molecule has 16 heavy (non-hydrogen) atoms. The SMILES string of the molecule is CCOC(OCC)c1ccc(Br)cc1C#N. The minimum atomic E-state index is -0.460. The predicted octanol–water partition coefficient (Wildman–Crippen LogP) is 3.39. The normalized spacial score (nSPS) is 10.4. The second-order valence-electron chi connectivity index (χ2n) is 3.09. The molecule has 0 radical (unpaired) electrons. The molecule has 0 amide bonds. The number of halogens is 1. The van der Waals surface area contributed by atoms with E-state index >= 15 is 0 Å². The summed E-state index contributed by atoms with van der Waals surface area (Å²) in [6.45, 7) is 4.89. The van der Waals surface area contributed by atoms with Gasteiger partial charge in [0.25, 0.3) is 0 Å². The zero-order valence-corrected chi connectivity index (χ0v) is 11.0. The summed E-state index contributed by atoms with van der Waals surface area (Å²) in [4.78, 5) is 0. The second kappa shape index (κ2) is 6.64. The molecule has 1 aromatic carbocycles. The Labute approximate surface area is 104 Å². The maximum atomic E-state index is 9.05. The molecule has 1 aromatic rings. The quantitative estimate of drug-likeness (QED) is 0.778. The lowest BCUT2D eigenvalue weighted by atomic mass is 10.1. The molecule has 0 saturated heterocycles. The summed E-state index contributed by atoms with van der Waals surface area (Å²) in [6, 6.07) is 7.63. The molecule has 0 bridgehead atoms. The first-order valence-corrected chi connectivity index (χ1v) is 5.95. The topological polar surface area (TPSA) is 42.2 Å². The first kappa shape index (κ1) is 13.2. The van der Waals surface area contributed by atoms with Crippen LogP contribution in [0.15, 0.2) is 22.7 Å². The van der Waals surface area contributed by atoms with Gasteiger partial charge >= 0.3 is 0 Å². The van der Waals surface area contributed by atoms with Gasteiger partial charge in [-0.3, -0.25) is 0 Å². The van der Waals surface area contributed by atoms with Gasteiger partial charge in [0.05, 0.1) is 11.6 Å². The van der Waals surface area contributed by atoms with Gasteiger partial charge < -0.3 is 9.47 Å². The van der Waals surface area contributed by atoms with Crippen molar-refractivity contribution in [2.24, 2.45) is 0 Å². The molecule has 0 N–H and O–H groups in total. The van der Waals surface area contributed by atoms with Crippen LogP contribution < -0.4 is 0 Å². The van der Waals surface area contributed by atoms with E-state index in [4.69, 9.17) is 14.7 Å². The van der Waals surface area contributed by atoms with Crippen molar-refractivity contribution in [3.8, 4) is 6.07 Å². The van der Waals surface area contributed by atoms with Crippen LogP contribution in [0.4, 0.5) is 0 Å². The van der Waals surface area contributed by atoms with E-state index in [1.807, 2.05) is 26.0 Å². The summed E-state index contributed by atoms with van der Waals surface area (Å²) in [5.41, 5.74) is 1.34. The van der Waals surface area contributed by atoms with Crippen LogP contribution in [0.3, 0.4) is 0 Å². The Morgan fingerprint density at radius 2 is 1.94 bits per heavy atom. The van der Waals surface area contributed by atoms with E-state index in [2.05, 4.69) is 22.0 Å². The fourth-order valence-electron chi connectivity index (χ4n) is 1.36. The van der Waals surface area contributed by atoms with Crippen molar-refractivity contribution in [3.63, 3.8) is 0 Å². The molecule has 0 heterocycles. The van der Waals surface area contributed by atoms with Crippen LogP contribution in [0.25, 0.3) is 0 Å². The molecule has 1 rings (SSSR count). The minimum Gasteiger partial charge on any atom is -0.349 e. The highest BCUT2D eigenvalue weighted by atomic mass is 79.9. The van der Waals surface area contributed by atoms with Gasteiger partial charge in [-0.2, -0.15) is 5.26 Å². The molecule has 0 spiro atoms. The van der Waals surface area contributed by atoms with E-state index in [1.165, 1.54) is 0 Å². The Kier molecular flexibility index (Phi) is 5.47. The molecule has 0 unspecified atom stereocenters. The Bertz CT molecular complexity index is 381. The van der Waals surface area contributed by atoms with E-state index in [0.717, 1.165) is 10.0 Å². The number of ether oxygens (including phenoxy) is 2. The number of nitriles is 1. The molecule has 0 aromatic heterocycles. The van der Waals surface area contributed by atoms with Crippen LogP contribution in [0, 0.1) is 11.3 Å². The van der Waals surface area contributed by atoms with Gasteiger partial charge in [-0.1, -0.05) is 22.0 Å². The van der Waals surface area contributed by atoms with Crippen molar-refractivity contribution in [2.75, 3.05) is 13.2 Å². The largest absolute Gasteiger partial charge is 0.349 e. The highest BCUT2D eigenvalue weighted by molar-refractivity contribution is 9.10. The van der Waals surface area contributed by atoms with Gasteiger partial charge in [-0.15, -0.1) is 0 Å². The monoisotopic (exact) mass is 283 g/mol. The maximum Gasteiger partial charge on any atom is 0.185 e. The molecule has 0 aliphatic carbocycles. The second-order valence-corrected chi connectivity index (χ2v) is 4.00. The van der Waals surface area contributed by atoms with Gasteiger partial charge in [0.1, 0.15) is 0 Å². The third kappa shape index (κ3) is 3.31. The van der Waals surface area contributed by atoms with Crippen LogP contribution in [-0.2, 0) is 9.47 Å². The average molecular weight is 284 g/mol. The van der Waals surface area contributed by atoms with E-state index in [9.17, 15) is 0 Å². The molecule has 0 aliphatic rings. The van der Waals surface area contributed by atoms with E-state index in [1.54, 1.807) is 6.07 Å². The third-order valence-electron chi connectivity index (χ3n) is 2.03. The van der Waals surface area contributed by atoms with E-state index in [0.29, 0.717) is 18.8 Å². The summed E-state index contributed by atoms with van der Waals surface area (Å²) in [7, 11) is 0. The van der Waals surface area contributed by atoms with Crippen molar-refractivity contribution in [1.29, 1.82) is 5.26 Å². The molecule has 0 saturated carbocycles. The molecule has 0 atom stereocenters. The summed E-state index contributed by atoms with van der Waals surface area (Å²) in [5.74, 6) is 0. The predicted molar refractivity (Wildman–Crippen MR) is 64.9 cm³/mol. The van der Waals surface area contributed by atoms with Crippen molar-refractivity contribution in [3.05, 3.63) is 33.8 Å². The number of rotatable bonds is 5. The van der Waals surface area contributed by atoms with Gasteiger partial charge in [-0.25, -0.2) is 0 Å². The van der Waals surface area contributed by atoms with Crippen LogP contribution >= 0.6 is 15.9 Å². The standard InChI is InChI=1S/C12H14BrNO2/c1-3-15-12(16-4-2)11-6-5-10(13)7-9(11)8-14/h5-7,12H,3-4H2,1-2H3. The lowest BCUT2D eigenvalue weighted by Gasteiger charge is -2.18. The molecule has 0 fully saturated rings. The third-order valence-corrected chi connectivity index (χ3v) is 2.52. The molecule has 86 valence electrons. The zero-order chi connectivity index (χ0) is 12.0. The van der Waals surface area contributed by atoms with Crippen LogP contribution in [0.2, 0.25) is 0 Å². The minimum absolute atomic E-state index is 0.460. The Hall–Kier alpha value is -0.890. The van der Waals surface area contributed by atoms with Crippen LogP contribution in [-0.4, -0.2) is 13.2 Å². The Balaban J connectivity index is 3.03. The Morgan fingerprint density at radius 3 is 2.44 bits per heavy atom. The maximum absolute atomic E-state index is 9.05. The molecule has 0 aliphatic heterocycles. The number of hydrogen-bond donors (Lipinski definition) is 0. The zero-order valence-electron chi connectivity index (χ0n) is 9.37. The molecular weight excluding hydrogens is 270 g/mol. The molecule has 3 nitrogen and oxygen atoms in total. The van der Waals surface area contributed by atoms with E-state index in [-0.39, 0.29) is 0 Å². The first-order chi connectivity index (χ1) is 7.72. The highest BCUT2D eigenvalue weighted by Crippen LogP contribution is 2.25. The van der Waals surface area contributed by atoms with E-state index < -0.39 is 6.29 Å². The lowest BCUT2D eigenvalue weighted by Crippen LogP contribution is -2.10. The fourth-order valence-corrected chi connectivity index (χ4v) is 1.72. The van der Waals surface area contributed by atoms with Crippen LogP contribution in [0.5, 0.6) is 0 Å². The lowest BCUT2D eigenvalue weighted by molar-refractivity contribution is -0.140. The van der Waals surface area contributed by atoms with Crippen molar-refractivity contribution < 1.29 is 9.47 Å². The highest BCUT2D eigenvalue weighted by Gasteiger charge is 2.15. The summed E-state index contributed by atoms with van der Waals surface area (Å²) in [5, 5.41) is 9.05. The van der Waals surface area contributed by atoms with Crippen molar-refractivity contribution >= 4 is 15.9 Å². The number of hydrogen-bond acceptors (Lipinski definition) is 3. The van der Waals surface area contributed by atoms with Gasteiger partial charge in [0, 0.05) is 23.2 Å². The number of benzene rings is 1. The van der Waals surface area contributed by atoms with Crippen molar-refractivity contribution in [1.82, 2.24) is 0 Å².